The number of rotatable bonds is 2. The molecule has 14 heavy (non-hydrogen) atoms. The normalized spacial score (nSPS) is 11.1. The Hall–Kier alpha value is -1.71. The zero-order valence-electron chi connectivity index (χ0n) is 7.58. The van der Waals surface area contributed by atoms with Crippen LogP contribution < -0.4 is 5.32 Å². The van der Waals surface area contributed by atoms with E-state index in [2.05, 4.69) is 16.2 Å². The number of halogens is 1. The van der Waals surface area contributed by atoms with Crippen molar-refractivity contribution in [1.29, 1.82) is 5.26 Å². The van der Waals surface area contributed by atoms with Gasteiger partial charge >= 0.3 is 0 Å². The summed E-state index contributed by atoms with van der Waals surface area (Å²) in [7, 11) is 0. The maximum absolute atomic E-state index is 8.70. The van der Waals surface area contributed by atoms with Crippen LogP contribution in [-0.2, 0) is 0 Å². The lowest BCUT2D eigenvalue weighted by Gasteiger charge is -2.09. The quantitative estimate of drug-likeness (QED) is 0.752. The number of pyridine rings is 1. The van der Waals surface area contributed by atoms with Gasteiger partial charge in [-0.05, 0) is 13.0 Å². The molecular weight excluding hydrogens is 198 g/mol. The molecule has 0 radical (unpaired) electrons. The second-order valence-electron chi connectivity index (χ2n) is 2.67. The van der Waals surface area contributed by atoms with Crippen molar-refractivity contribution in [3.05, 3.63) is 22.8 Å². The van der Waals surface area contributed by atoms with Crippen molar-refractivity contribution in [3.63, 3.8) is 0 Å². The third-order valence-corrected chi connectivity index (χ3v) is 2.00. The number of hydrogen-bond donors (Lipinski definition) is 1. The van der Waals surface area contributed by atoms with Crippen LogP contribution in [0.25, 0.3) is 0 Å². The standard InChI is InChI=1S/C10H8ClN3/c1-3-7(2)14-10-9(11)8(6-12)4-5-13-10/h1,4-5,7H,2H3,(H,13,14). The van der Waals surface area contributed by atoms with E-state index in [-0.39, 0.29) is 6.04 Å². The number of hydrogen-bond acceptors (Lipinski definition) is 3. The molecule has 0 fully saturated rings. The number of aromatic nitrogens is 1. The highest BCUT2D eigenvalue weighted by Crippen LogP contribution is 2.22. The van der Waals surface area contributed by atoms with E-state index in [1.54, 1.807) is 13.0 Å². The Balaban J connectivity index is 3.01. The van der Waals surface area contributed by atoms with E-state index in [4.69, 9.17) is 23.3 Å². The molecule has 1 atom stereocenters. The summed E-state index contributed by atoms with van der Waals surface area (Å²) < 4.78 is 0. The smallest absolute Gasteiger partial charge is 0.147 e. The van der Waals surface area contributed by atoms with Gasteiger partial charge in [-0.2, -0.15) is 5.26 Å². The van der Waals surface area contributed by atoms with Crippen molar-refractivity contribution in [2.24, 2.45) is 0 Å². The number of nitriles is 1. The molecule has 0 saturated heterocycles. The first-order chi connectivity index (χ1) is 6.69. The molecule has 1 N–H and O–H groups in total. The minimum Gasteiger partial charge on any atom is -0.355 e. The Bertz CT molecular complexity index is 414. The largest absolute Gasteiger partial charge is 0.355 e. The van der Waals surface area contributed by atoms with Gasteiger partial charge in [0.25, 0.3) is 0 Å². The molecular formula is C10H8ClN3. The van der Waals surface area contributed by atoms with E-state index in [0.717, 1.165) is 0 Å². The van der Waals surface area contributed by atoms with Gasteiger partial charge in [-0.1, -0.05) is 17.5 Å². The van der Waals surface area contributed by atoms with Gasteiger partial charge in [-0.25, -0.2) is 4.98 Å². The van der Waals surface area contributed by atoms with Crippen molar-refractivity contribution >= 4 is 17.4 Å². The van der Waals surface area contributed by atoms with E-state index < -0.39 is 0 Å². The molecule has 1 unspecified atom stereocenters. The predicted octanol–water partition coefficient (Wildman–Crippen LogP) is 2.04. The second-order valence-corrected chi connectivity index (χ2v) is 3.04. The van der Waals surface area contributed by atoms with Crippen LogP contribution in [0.15, 0.2) is 12.3 Å². The van der Waals surface area contributed by atoms with Crippen molar-refractivity contribution in [3.8, 4) is 18.4 Å². The molecule has 0 bridgehead atoms. The summed E-state index contributed by atoms with van der Waals surface area (Å²) in [6.45, 7) is 1.80. The third kappa shape index (κ3) is 2.16. The molecule has 1 rings (SSSR count). The van der Waals surface area contributed by atoms with Gasteiger partial charge in [0.15, 0.2) is 0 Å². The van der Waals surface area contributed by atoms with E-state index in [0.29, 0.717) is 16.4 Å². The summed E-state index contributed by atoms with van der Waals surface area (Å²) in [6, 6.07) is 3.34. The molecule has 3 nitrogen and oxygen atoms in total. The van der Waals surface area contributed by atoms with Gasteiger partial charge in [0.2, 0.25) is 0 Å². The lowest BCUT2D eigenvalue weighted by atomic mass is 10.2. The molecule has 0 aromatic carbocycles. The van der Waals surface area contributed by atoms with Crippen molar-refractivity contribution in [1.82, 2.24) is 4.98 Å². The Morgan fingerprint density at radius 3 is 3.00 bits per heavy atom. The highest BCUT2D eigenvalue weighted by molar-refractivity contribution is 6.34. The van der Waals surface area contributed by atoms with Crippen molar-refractivity contribution in [2.75, 3.05) is 5.32 Å². The Morgan fingerprint density at radius 2 is 2.43 bits per heavy atom. The third-order valence-electron chi connectivity index (χ3n) is 1.61. The number of nitrogens with one attached hydrogen (secondary N) is 1. The van der Waals surface area contributed by atoms with Gasteiger partial charge in [-0.15, -0.1) is 6.42 Å². The number of terminal acetylenes is 1. The van der Waals surface area contributed by atoms with Gasteiger partial charge in [0, 0.05) is 6.20 Å². The summed E-state index contributed by atoms with van der Waals surface area (Å²) in [6.07, 6.45) is 6.70. The van der Waals surface area contributed by atoms with Gasteiger partial charge in [0.1, 0.15) is 16.9 Å². The Labute approximate surface area is 87.7 Å². The summed E-state index contributed by atoms with van der Waals surface area (Å²) in [5.41, 5.74) is 0.383. The highest BCUT2D eigenvalue weighted by Gasteiger charge is 2.07. The molecule has 0 aliphatic rings. The first-order valence-electron chi connectivity index (χ1n) is 3.96. The molecule has 1 aromatic rings. The maximum Gasteiger partial charge on any atom is 0.147 e. The first-order valence-corrected chi connectivity index (χ1v) is 4.34. The average Bonchev–Trinajstić information content (AvgIpc) is 2.21. The predicted molar refractivity (Wildman–Crippen MR) is 55.9 cm³/mol. The molecule has 4 heteroatoms. The fourth-order valence-electron chi connectivity index (χ4n) is 0.877. The maximum atomic E-state index is 8.70. The van der Waals surface area contributed by atoms with E-state index in [9.17, 15) is 0 Å². The molecule has 0 saturated carbocycles. The van der Waals surface area contributed by atoms with Crippen LogP contribution in [0.2, 0.25) is 5.02 Å². The van der Waals surface area contributed by atoms with E-state index >= 15 is 0 Å². The van der Waals surface area contributed by atoms with Crippen LogP contribution in [0.4, 0.5) is 5.82 Å². The van der Waals surface area contributed by atoms with Crippen LogP contribution in [0.1, 0.15) is 12.5 Å². The monoisotopic (exact) mass is 205 g/mol. The molecule has 1 heterocycles. The van der Waals surface area contributed by atoms with E-state index in [1.165, 1.54) is 6.20 Å². The van der Waals surface area contributed by atoms with Crippen LogP contribution >= 0.6 is 11.6 Å². The zero-order valence-corrected chi connectivity index (χ0v) is 8.34. The molecule has 0 amide bonds. The van der Waals surface area contributed by atoms with Crippen LogP contribution in [0.5, 0.6) is 0 Å². The van der Waals surface area contributed by atoms with Gasteiger partial charge in [-0.3, -0.25) is 0 Å². The van der Waals surface area contributed by atoms with Crippen LogP contribution in [-0.4, -0.2) is 11.0 Å². The van der Waals surface area contributed by atoms with Crippen LogP contribution in [0.3, 0.4) is 0 Å². The van der Waals surface area contributed by atoms with Gasteiger partial charge in [0.05, 0.1) is 11.6 Å². The average molecular weight is 206 g/mol. The summed E-state index contributed by atoms with van der Waals surface area (Å²) in [5, 5.41) is 11.9. The Morgan fingerprint density at radius 1 is 1.71 bits per heavy atom. The molecule has 1 aromatic heterocycles. The molecule has 0 aliphatic carbocycles. The first kappa shape index (κ1) is 10.4. The van der Waals surface area contributed by atoms with Gasteiger partial charge < -0.3 is 5.32 Å². The van der Waals surface area contributed by atoms with Crippen molar-refractivity contribution < 1.29 is 0 Å². The van der Waals surface area contributed by atoms with E-state index in [1.807, 2.05) is 6.07 Å². The highest BCUT2D eigenvalue weighted by atomic mass is 35.5. The Kier molecular flexibility index (Phi) is 3.34. The minimum atomic E-state index is -0.172. The summed E-state index contributed by atoms with van der Waals surface area (Å²) in [4.78, 5) is 3.99. The number of anilines is 1. The lowest BCUT2D eigenvalue weighted by molar-refractivity contribution is 1.01. The van der Waals surface area contributed by atoms with Crippen molar-refractivity contribution in [2.45, 2.75) is 13.0 Å². The summed E-state index contributed by atoms with van der Waals surface area (Å²) in [5.74, 6) is 2.93. The molecule has 70 valence electrons. The molecule has 0 spiro atoms. The minimum absolute atomic E-state index is 0.172. The second kappa shape index (κ2) is 4.50. The number of nitrogens with zero attached hydrogens (tertiary/aromatic N) is 2. The molecule has 0 aliphatic heterocycles. The fraction of sp³-hybridized carbons (Fsp3) is 0.200. The zero-order chi connectivity index (χ0) is 10.6. The summed E-state index contributed by atoms with van der Waals surface area (Å²) >= 11 is 5.89. The van der Waals surface area contributed by atoms with Crippen LogP contribution in [0, 0.1) is 23.7 Å². The lowest BCUT2D eigenvalue weighted by Crippen LogP contribution is -2.13. The topological polar surface area (TPSA) is 48.7 Å². The SMILES string of the molecule is C#CC(C)Nc1nccc(C#N)c1Cl. The fourth-order valence-corrected chi connectivity index (χ4v) is 1.09.